The number of nitrogens with two attached hydrogens (primary N) is 1. The Hall–Kier alpha value is 0.200. The molecule has 1 aromatic rings. The van der Waals surface area contributed by atoms with Crippen molar-refractivity contribution in [2.75, 3.05) is 6.61 Å². The van der Waals surface area contributed by atoms with Gasteiger partial charge in [-0.1, -0.05) is 11.6 Å². The van der Waals surface area contributed by atoms with Gasteiger partial charge >= 0.3 is 0 Å². The highest BCUT2D eigenvalue weighted by Gasteiger charge is 2.07. The largest absolute Gasteiger partial charge is 0.396 e. The molecule has 0 bridgehead atoms. The Balaban J connectivity index is 0.00000144. The maximum atomic E-state index is 8.59. The van der Waals surface area contributed by atoms with Gasteiger partial charge in [0.1, 0.15) is 0 Å². The Bertz CT molecular complexity index is 242. The first-order chi connectivity index (χ1) is 5.74. The molecule has 1 heterocycles. The highest BCUT2D eigenvalue weighted by molar-refractivity contribution is 7.16. The molecule has 3 N–H and O–H groups in total. The van der Waals surface area contributed by atoms with Gasteiger partial charge in [-0.25, -0.2) is 0 Å². The Morgan fingerprint density at radius 1 is 1.54 bits per heavy atom. The van der Waals surface area contributed by atoms with E-state index in [-0.39, 0.29) is 25.1 Å². The van der Waals surface area contributed by atoms with Crippen molar-refractivity contribution in [3.8, 4) is 0 Å². The van der Waals surface area contributed by atoms with Crippen LogP contribution in [-0.4, -0.2) is 11.7 Å². The van der Waals surface area contributed by atoms with Gasteiger partial charge in [-0.3, -0.25) is 0 Å². The molecular formula is C8H13Cl2NOS. The third kappa shape index (κ3) is 4.29. The summed E-state index contributed by atoms with van der Waals surface area (Å²) in [5.41, 5.74) is 5.84. The molecule has 0 aromatic carbocycles. The molecule has 0 spiro atoms. The highest BCUT2D eigenvalue weighted by atomic mass is 35.5. The Labute approximate surface area is 93.1 Å². The number of rotatable bonds is 4. The van der Waals surface area contributed by atoms with E-state index in [9.17, 15) is 0 Å². The molecule has 0 unspecified atom stereocenters. The SMILES string of the molecule is Cl.N[C@H](CCCO)c1ccc(Cl)s1. The van der Waals surface area contributed by atoms with Gasteiger partial charge in [0.25, 0.3) is 0 Å². The summed E-state index contributed by atoms with van der Waals surface area (Å²) in [6.45, 7) is 0.201. The lowest BCUT2D eigenvalue weighted by Crippen LogP contribution is -2.08. The summed E-state index contributed by atoms with van der Waals surface area (Å²) in [6.07, 6.45) is 1.56. The van der Waals surface area contributed by atoms with Gasteiger partial charge in [-0.2, -0.15) is 0 Å². The van der Waals surface area contributed by atoms with E-state index in [2.05, 4.69) is 0 Å². The van der Waals surface area contributed by atoms with Crippen LogP contribution in [0.5, 0.6) is 0 Å². The lowest BCUT2D eigenvalue weighted by molar-refractivity contribution is 0.280. The summed E-state index contributed by atoms with van der Waals surface area (Å²) in [5.74, 6) is 0. The van der Waals surface area contributed by atoms with Gasteiger partial charge < -0.3 is 10.8 Å². The van der Waals surface area contributed by atoms with Crippen LogP contribution in [0.2, 0.25) is 4.34 Å². The van der Waals surface area contributed by atoms with Gasteiger partial charge in [0.05, 0.1) is 4.34 Å². The first kappa shape index (κ1) is 13.2. The van der Waals surface area contributed by atoms with E-state index >= 15 is 0 Å². The predicted octanol–water partition coefficient (Wildman–Crippen LogP) is 2.60. The van der Waals surface area contributed by atoms with Crippen LogP contribution in [-0.2, 0) is 0 Å². The van der Waals surface area contributed by atoms with Crippen LogP contribution < -0.4 is 5.73 Å². The van der Waals surface area contributed by atoms with Crippen LogP contribution in [0.4, 0.5) is 0 Å². The topological polar surface area (TPSA) is 46.2 Å². The Morgan fingerprint density at radius 3 is 2.69 bits per heavy atom. The molecule has 1 rings (SSSR count). The van der Waals surface area contributed by atoms with Crippen molar-refractivity contribution in [2.45, 2.75) is 18.9 Å². The fraction of sp³-hybridized carbons (Fsp3) is 0.500. The monoisotopic (exact) mass is 241 g/mol. The molecule has 13 heavy (non-hydrogen) atoms. The Kier molecular flexibility index (Phi) is 6.73. The summed E-state index contributed by atoms with van der Waals surface area (Å²) >= 11 is 7.26. The fourth-order valence-corrected chi connectivity index (χ4v) is 2.08. The van der Waals surface area contributed by atoms with Crippen LogP contribution >= 0.6 is 35.3 Å². The average Bonchev–Trinajstić information content (AvgIpc) is 2.47. The van der Waals surface area contributed by atoms with E-state index in [0.717, 1.165) is 22.1 Å². The molecule has 0 radical (unpaired) electrons. The van der Waals surface area contributed by atoms with Gasteiger partial charge in [0.15, 0.2) is 0 Å². The van der Waals surface area contributed by atoms with Crippen molar-refractivity contribution in [3.05, 3.63) is 21.3 Å². The summed E-state index contributed by atoms with van der Waals surface area (Å²) in [6, 6.07) is 3.81. The molecule has 1 atom stereocenters. The third-order valence-corrected chi connectivity index (χ3v) is 3.00. The number of thiophene rings is 1. The van der Waals surface area contributed by atoms with Gasteiger partial charge in [-0.15, -0.1) is 23.7 Å². The van der Waals surface area contributed by atoms with Gasteiger partial charge in [0, 0.05) is 17.5 Å². The molecule has 0 amide bonds. The van der Waals surface area contributed by atoms with Gasteiger partial charge in [-0.05, 0) is 25.0 Å². The maximum absolute atomic E-state index is 8.59. The second-order valence-corrected chi connectivity index (χ2v) is 4.36. The maximum Gasteiger partial charge on any atom is 0.0931 e. The number of halogens is 2. The number of hydrogen-bond donors (Lipinski definition) is 2. The van der Waals surface area contributed by atoms with Crippen molar-refractivity contribution >= 4 is 35.3 Å². The minimum absolute atomic E-state index is 0. The van der Waals surface area contributed by atoms with E-state index in [1.165, 1.54) is 11.3 Å². The molecule has 2 nitrogen and oxygen atoms in total. The number of aliphatic hydroxyl groups is 1. The predicted molar refractivity (Wildman–Crippen MR) is 59.8 cm³/mol. The molecule has 0 saturated heterocycles. The Morgan fingerprint density at radius 2 is 2.23 bits per heavy atom. The molecule has 0 aliphatic heterocycles. The zero-order valence-electron chi connectivity index (χ0n) is 7.07. The zero-order chi connectivity index (χ0) is 8.97. The second kappa shape index (κ2) is 6.62. The first-order valence-corrected chi connectivity index (χ1v) is 5.05. The lowest BCUT2D eigenvalue weighted by atomic mass is 10.1. The summed E-state index contributed by atoms with van der Waals surface area (Å²) < 4.78 is 0.768. The van der Waals surface area contributed by atoms with E-state index in [0.29, 0.717) is 0 Å². The van der Waals surface area contributed by atoms with Crippen LogP contribution in [0, 0.1) is 0 Å². The summed E-state index contributed by atoms with van der Waals surface area (Å²) in [4.78, 5) is 1.09. The molecular weight excluding hydrogens is 229 g/mol. The number of aliphatic hydroxyl groups excluding tert-OH is 1. The van der Waals surface area contributed by atoms with Crippen LogP contribution in [0.3, 0.4) is 0 Å². The molecule has 0 fully saturated rings. The minimum atomic E-state index is 0. The van der Waals surface area contributed by atoms with E-state index in [4.69, 9.17) is 22.4 Å². The normalized spacial score (nSPS) is 12.2. The van der Waals surface area contributed by atoms with Crippen LogP contribution in [0.15, 0.2) is 12.1 Å². The molecule has 1 aromatic heterocycles. The van der Waals surface area contributed by atoms with E-state index in [1.807, 2.05) is 12.1 Å². The fourth-order valence-electron chi connectivity index (χ4n) is 0.981. The van der Waals surface area contributed by atoms with Crippen LogP contribution in [0.1, 0.15) is 23.8 Å². The number of hydrogen-bond acceptors (Lipinski definition) is 3. The lowest BCUT2D eigenvalue weighted by Gasteiger charge is -2.06. The van der Waals surface area contributed by atoms with Gasteiger partial charge in [0.2, 0.25) is 0 Å². The third-order valence-electron chi connectivity index (χ3n) is 1.63. The molecule has 5 heteroatoms. The summed E-state index contributed by atoms with van der Waals surface area (Å²) in [5, 5.41) is 8.59. The van der Waals surface area contributed by atoms with Crippen LogP contribution in [0.25, 0.3) is 0 Å². The zero-order valence-corrected chi connectivity index (χ0v) is 9.46. The molecule has 0 saturated carbocycles. The quantitative estimate of drug-likeness (QED) is 0.852. The summed E-state index contributed by atoms with van der Waals surface area (Å²) in [7, 11) is 0. The molecule has 0 aliphatic carbocycles. The van der Waals surface area contributed by atoms with Crippen molar-refractivity contribution < 1.29 is 5.11 Å². The van der Waals surface area contributed by atoms with E-state index in [1.54, 1.807) is 0 Å². The standard InChI is InChI=1S/C8H12ClNOS.ClH/c9-8-4-3-7(12-8)6(10)2-1-5-11;/h3-4,6,11H,1-2,5,10H2;1H/t6-;/m1./s1. The molecule has 0 aliphatic rings. The highest BCUT2D eigenvalue weighted by Crippen LogP contribution is 2.27. The minimum Gasteiger partial charge on any atom is -0.396 e. The smallest absolute Gasteiger partial charge is 0.0931 e. The van der Waals surface area contributed by atoms with E-state index < -0.39 is 0 Å². The first-order valence-electron chi connectivity index (χ1n) is 3.85. The van der Waals surface area contributed by atoms with Crippen molar-refractivity contribution in [1.29, 1.82) is 0 Å². The molecule has 76 valence electrons. The van der Waals surface area contributed by atoms with Crippen molar-refractivity contribution in [1.82, 2.24) is 0 Å². The van der Waals surface area contributed by atoms with Crippen molar-refractivity contribution in [3.63, 3.8) is 0 Å². The second-order valence-electron chi connectivity index (χ2n) is 2.61. The van der Waals surface area contributed by atoms with Crippen molar-refractivity contribution in [2.24, 2.45) is 5.73 Å². The average molecular weight is 242 g/mol.